The summed E-state index contributed by atoms with van der Waals surface area (Å²) in [6, 6.07) is 0. The van der Waals surface area contributed by atoms with E-state index in [0.717, 1.165) is 10.2 Å². The molecule has 1 N–H and O–H groups in total. The summed E-state index contributed by atoms with van der Waals surface area (Å²) in [5.74, 6) is 0. The van der Waals surface area contributed by atoms with E-state index < -0.39 is 0 Å². The normalized spacial score (nSPS) is 10.3. The van der Waals surface area contributed by atoms with Crippen molar-refractivity contribution in [1.82, 2.24) is 9.78 Å². The van der Waals surface area contributed by atoms with Crippen LogP contribution in [0.15, 0.2) is 10.8 Å². The summed E-state index contributed by atoms with van der Waals surface area (Å²) >= 11 is 3.34. The lowest BCUT2D eigenvalue weighted by molar-refractivity contribution is 0.299. The summed E-state index contributed by atoms with van der Waals surface area (Å²) in [5.41, 5.74) is 1.05. The molecule has 1 rings (SSSR count). The van der Waals surface area contributed by atoms with Crippen molar-refractivity contribution >= 4 is 15.9 Å². The van der Waals surface area contributed by atoms with Crippen LogP contribution in [0.5, 0.6) is 0 Å². The maximum Gasteiger partial charge on any atom is 0.107 e. The molecule has 0 spiro atoms. The molecule has 1 aromatic rings. The summed E-state index contributed by atoms with van der Waals surface area (Å²) in [4.78, 5) is 0. The topological polar surface area (TPSA) is 38.0 Å². The van der Waals surface area contributed by atoms with Gasteiger partial charge in [0.1, 0.15) is 4.60 Å². The minimum absolute atomic E-state index is 0.171. The van der Waals surface area contributed by atoms with E-state index in [4.69, 9.17) is 5.11 Å². The van der Waals surface area contributed by atoms with Crippen molar-refractivity contribution < 1.29 is 5.11 Å². The first-order valence-corrected chi connectivity index (χ1v) is 3.82. The number of aromatic nitrogens is 2. The molecule has 0 aliphatic heterocycles. The Morgan fingerprint density at radius 3 is 2.90 bits per heavy atom. The second kappa shape index (κ2) is 3.16. The molecule has 0 amide bonds. The van der Waals surface area contributed by atoms with Crippen LogP contribution in [0.25, 0.3) is 0 Å². The Morgan fingerprint density at radius 1 is 1.80 bits per heavy atom. The summed E-state index contributed by atoms with van der Waals surface area (Å²) in [5, 5.41) is 12.6. The average Bonchev–Trinajstić information content (AvgIpc) is 2.20. The molecule has 0 aromatic carbocycles. The molecule has 0 saturated heterocycles. The summed E-state index contributed by atoms with van der Waals surface area (Å²) in [7, 11) is 1.85. The van der Waals surface area contributed by atoms with Crippen molar-refractivity contribution in [3.63, 3.8) is 0 Å². The third-order valence-electron chi connectivity index (χ3n) is 1.32. The van der Waals surface area contributed by atoms with Gasteiger partial charge < -0.3 is 5.11 Å². The minimum Gasteiger partial charge on any atom is -0.396 e. The predicted molar refractivity (Wildman–Crippen MR) is 41.7 cm³/mol. The molecule has 0 atom stereocenters. The molecule has 10 heavy (non-hydrogen) atoms. The average molecular weight is 205 g/mol. The maximum atomic E-state index is 8.60. The van der Waals surface area contributed by atoms with Crippen LogP contribution in [-0.4, -0.2) is 21.5 Å². The summed E-state index contributed by atoms with van der Waals surface area (Å²) < 4.78 is 2.67. The van der Waals surface area contributed by atoms with Gasteiger partial charge in [0.2, 0.25) is 0 Å². The van der Waals surface area contributed by atoms with E-state index >= 15 is 0 Å². The third kappa shape index (κ3) is 1.38. The fraction of sp³-hybridized carbons (Fsp3) is 0.500. The van der Waals surface area contributed by atoms with Crippen molar-refractivity contribution in [2.45, 2.75) is 6.42 Å². The van der Waals surface area contributed by atoms with Crippen LogP contribution >= 0.6 is 15.9 Å². The second-order valence-electron chi connectivity index (χ2n) is 2.06. The van der Waals surface area contributed by atoms with Crippen LogP contribution in [0.4, 0.5) is 0 Å². The number of halogens is 1. The molecule has 0 aliphatic carbocycles. The van der Waals surface area contributed by atoms with E-state index in [-0.39, 0.29) is 6.61 Å². The molecular formula is C6H9BrN2O. The molecule has 0 saturated carbocycles. The van der Waals surface area contributed by atoms with Gasteiger partial charge >= 0.3 is 0 Å². The molecule has 0 bridgehead atoms. The Morgan fingerprint density at radius 2 is 2.50 bits per heavy atom. The van der Waals surface area contributed by atoms with Gasteiger partial charge in [-0.25, -0.2) is 0 Å². The van der Waals surface area contributed by atoms with Gasteiger partial charge in [-0.2, -0.15) is 5.10 Å². The SMILES string of the molecule is Cn1ncc(CCO)c1Br. The summed E-state index contributed by atoms with van der Waals surface area (Å²) in [6.45, 7) is 0.171. The maximum absolute atomic E-state index is 8.60. The Balaban J connectivity index is 2.83. The number of rotatable bonds is 2. The van der Waals surface area contributed by atoms with Gasteiger partial charge in [-0.15, -0.1) is 0 Å². The quantitative estimate of drug-likeness (QED) is 0.772. The molecule has 0 unspecified atom stereocenters. The monoisotopic (exact) mass is 204 g/mol. The predicted octanol–water partition coefficient (Wildman–Crippen LogP) is 0.717. The first-order valence-electron chi connectivity index (χ1n) is 3.03. The van der Waals surface area contributed by atoms with Gasteiger partial charge in [-0.05, 0) is 22.4 Å². The van der Waals surface area contributed by atoms with E-state index in [2.05, 4.69) is 21.0 Å². The highest BCUT2D eigenvalue weighted by atomic mass is 79.9. The van der Waals surface area contributed by atoms with Gasteiger partial charge in [0, 0.05) is 19.2 Å². The molecule has 0 fully saturated rings. The Bertz CT molecular complexity index is 222. The smallest absolute Gasteiger partial charge is 0.107 e. The van der Waals surface area contributed by atoms with Crippen molar-refractivity contribution in [3.8, 4) is 0 Å². The van der Waals surface area contributed by atoms with E-state index in [0.29, 0.717) is 6.42 Å². The Hall–Kier alpha value is -0.350. The van der Waals surface area contributed by atoms with Gasteiger partial charge in [0.25, 0.3) is 0 Å². The number of hydrogen-bond acceptors (Lipinski definition) is 2. The molecule has 3 nitrogen and oxygen atoms in total. The second-order valence-corrected chi connectivity index (χ2v) is 2.81. The van der Waals surface area contributed by atoms with Crippen molar-refractivity contribution in [2.24, 2.45) is 7.05 Å². The van der Waals surface area contributed by atoms with Crippen LogP contribution in [0.1, 0.15) is 5.56 Å². The lowest BCUT2D eigenvalue weighted by Gasteiger charge is -1.93. The highest BCUT2D eigenvalue weighted by molar-refractivity contribution is 9.10. The Kier molecular flexibility index (Phi) is 2.45. The minimum atomic E-state index is 0.171. The van der Waals surface area contributed by atoms with E-state index in [1.54, 1.807) is 10.9 Å². The first kappa shape index (κ1) is 7.75. The van der Waals surface area contributed by atoms with Crippen LogP contribution in [0.3, 0.4) is 0 Å². The number of hydrogen-bond donors (Lipinski definition) is 1. The number of nitrogens with zero attached hydrogens (tertiary/aromatic N) is 2. The fourth-order valence-electron chi connectivity index (χ4n) is 0.756. The highest BCUT2D eigenvalue weighted by Crippen LogP contribution is 2.14. The van der Waals surface area contributed by atoms with Crippen molar-refractivity contribution in [2.75, 3.05) is 6.61 Å². The lowest BCUT2D eigenvalue weighted by atomic mass is 10.3. The zero-order valence-electron chi connectivity index (χ0n) is 5.71. The van der Waals surface area contributed by atoms with Gasteiger partial charge in [-0.1, -0.05) is 0 Å². The molecule has 56 valence electrons. The molecule has 0 radical (unpaired) electrons. The Labute approximate surface area is 67.8 Å². The third-order valence-corrected chi connectivity index (χ3v) is 2.34. The zero-order chi connectivity index (χ0) is 7.56. The van der Waals surface area contributed by atoms with E-state index in [1.165, 1.54) is 0 Å². The lowest BCUT2D eigenvalue weighted by Crippen LogP contribution is -1.92. The number of aryl methyl sites for hydroxylation is 1. The van der Waals surface area contributed by atoms with Crippen LogP contribution in [0, 0.1) is 0 Å². The van der Waals surface area contributed by atoms with Crippen LogP contribution in [0.2, 0.25) is 0 Å². The zero-order valence-corrected chi connectivity index (χ0v) is 7.30. The summed E-state index contributed by atoms with van der Waals surface area (Å²) in [6.07, 6.45) is 2.41. The van der Waals surface area contributed by atoms with Gasteiger partial charge in [0.15, 0.2) is 0 Å². The molecular weight excluding hydrogens is 196 g/mol. The van der Waals surface area contributed by atoms with Crippen LogP contribution in [-0.2, 0) is 13.5 Å². The molecule has 4 heteroatoms. The van der Waals surface area contributed by atoms with Crippen molar-refractivity contribution in [3.05, 3.63) is 16.4 Å². The molecule has 0 aliphatic rings. The van der Waals surface area contributed by atoms with Gasteiger partial charge in [-0.3, -0.25) is 4.68 Å². The van der Waals surface area contributed by atoms with E-state index in [9.17, 15) is 0 Å². The largest absolute Gasteiger partial charge is 0.396 e. The number of aliphatic hydroxyl groups is 1. The number of aliphatic hydroxyl groups excluding tert-OH is 1. The standard InChI is InChI=1S/C6H9BrN2O/c1-9-6(7)5(2-3-10)4-8-9/h4,10H,2-3H2,1H3. The van der Waals surface area contributed by atoms with Gasteiger partial charge in [0.05, 0.1) is 6.20 Å². The van der Waals surface area contributed by atoms with E-state index in [1.807, 2.05) is 7.05 Å². The fourth-order valence-corrected chi connectivity index (χ4v) is 1.15. The van der Waals surface area contributed by atoms with Crippen LogP contribution < -0.4 is 0 Å². The van der Waals surface area contributed by atoms with Crippen molar-refractivity contribution in [1.29, 1.82) is 0 Å². The molecule has 1 heterocycles. The molecule has 1 aromatic heterocycles. The highest BCUT2D eigenvalue weighted by Gasteiger charge is 2.02. The first-order chi connectivity index (χ1) is 4.75.